The van der Waals surface area contributed by atoms with Crippen LogP contribution in [0.2, 0.25) is 0 Å². The van der Waals surface area contributed by atoms with Crippen LogP contribution in [0.1, 0.15) is 39.5 Å². The molecular formula is C11H21N. The highest BCUT2D eigenvalue weighted by atomic mass is 14.9. The maximum absolute atomic E-state index is 3.63. The zero-order valence-corrected chi connectivity index (χ0v) is 8.34. The Hall–Kier alpha value is -0.0400. The minimum Gasteiger partial charge on any atom is -0.314 e. The zero-order chi connectivity index (χ0) is 8.55. The Kier molecular flexibility index (Phi) is 2.40. The molecule has 0 radical (unpaired) electrons. The summed E-state index contributed by atoms with van der Waals surface area (Å²) in [6.45, 7) is 6.06. The molecule has 2 rings (SSSR count). The molecule has 0 amide bonds. The van der Waals surface area contributed by atoms with Gasteiger partial charge in [0.15, 0.2) is 0 Å². The minimum absolute atomic E-state index is 0.754. The third kappa shape index (κ3) is 1.39. The van der Waals surface area contributed by atoms with E-state index in [9.17, 15) is 0 Å². The maximum Gasteiger partial charge on any atom is 0.00672 e. The van der Waals surface area contributed by atoms with Gasteiger partial charge in [0.25, 0.3) is 0 Å². The molecule has 4 atom stereocenters. The van der Waals surface area contributed by atoms with Crippen molar-refractivity contribution in [3.63, 3.8) is 0 Å². The lowest BCUT2D eigenvalue weighted by Crippen LogP contribution is -2.49. The average Bonchev–Trinajstić information content (AvgIpc) is 2.12. The van der Waals surface area contributed by atoms with Gasteiger partial charge in [-0.1, -0.05) is 19.8 Å². The van der Waals surface area contributed by atoms with Crippen molar-refractivity contribution in [3.05, 3.63) is 0 Å². The van der Waals surface area contributed by atoms with Crippen LogP contribution >= 0.6 is 0 Å². The number of fused-ring (bicyclic) bond motifs is 1. The van der Waals surface area contributed by atoms with Crippen LogP contribution in [0, 0.1) is 17.8 Å². The Bertz CT molecular complexity index is 153. The predicted octanol–water partition coefficient (Wildman–Crippen LogP) is 2.42. The van der Waals surface area contributed by atoms with Gasteiger partial charge in [0.2, 0.25) is 0 Å². The van der Waals surface area contributed by atoms with E-state index in [1.54, 1.807) is 0 Å². The number of hydrogen-bond donors (Lipinski definition) is 1. The smallest absolute Gasteiger partial charge is 0.00672 e. The summed E-state index contributed by atoms with van der Waals surface area (Å²) in [6, 6.07) is 0.754. The Morgan fingerprint density at radius 2 is 1.83 bits per heavy atom. The molecule has 1 nitrogen and oxygen atoms in total. The highest BCUT2D eigenvalue weighted by Gasteiger charge is 2.35. The van der Waals surface area contributed by atoms with Crippen LogP contribution in [-0.2, 0) is 0 Å². The van der Waals surface area contributed by atoms with Gasteiger partial charge in [0.05, 0.1) is 0 Å². The third-order valence-corrected chi connectivity index (χ3v) is 4.13. The second-order valence-electron chi connectivity index (χ2n) is 4.76. The van der Waals surface area contributed by atoms with Crippen LogP contribution in [-0.4, -0.2) is 12.6 Å². The standard InChI is InChI=1S/C11H21N/c1-8-9(2)12-7-10-5-3-4-6-11(8)10/h8-12H,3-7H2,1-2H3. The highest BCUT2D eigenvalue weighted by molar-refractivity contribution is 4.89. The molecule has 2 fully saturated rings. The molecule has 4 unspecified atom stereocenters. The van der Waals surface area contributed by atoms with Crippen LogP contribution < -0.4 is 5.32 Å². The van der Waals surface area contributed by atoms with Crippen molar-refractivity contribution in [1.82, 2.24) is 5.32 Å². The van der Waals surface area contributed by atoms with Crippen molar-refractivity contribution in [2.75, 3.05) is 6.54 Å². The lowest BCUT2D eigenvalue weighted by molar-refractivity contribution is 0.0984. The SMILES string of the molecule is CC1NCC2CCCCC2C1C. The van der Waals surface area contributed by atoms with Gasteiger partial charge in [0, 0.05) is 6.04 Å². The van der Waals surface area contributed by atoms with Gasteiger partial charge < -0.3 is 5.32 Å². The third-order valence-electron chi connectivity index (χ3n) is 4.13. The van der Waals surface area contributed by atoms with Gasteiger partial charge in [0.1, 0.15) is 0 Å². The summed E-state index contributed by atoms with van der Waals surface area (Å²) in [5.41, 5.74) is 0. The van der Waals surface area contributed by atoms with Crippen LogP contribution in [0.5, 0.6) is 0 Å². The summed E-state index contributed by atoms with van der Waals surface area (Å²) in [5.74, 6) is 2.95. The number of nitrogens with one attached hydrogen (secondary N) is 1. The molecule has 2 aliphatic rings. The Morgan fingerprint density at radius 3 is 2.67 bits per heavy atom. The number of rotatable bonds is 0. The summed E-state index contributed by atoms with van der Waals surface area (Å²) >= 11 is 0. The topological polar surface area (TPSA) is 12.0 Å². The first-order valence-corrected chi connectivity index (χ1v) is 5.52. The molecule has 0 aromatic carbocycles. The second-order valence-corrected chi connectivity index (χ2v) is 4.76. The monoisotopic (exact) mass is 167 g/mol. The molecule has 1 saturated carbocycles. The molecule has 70 valence electrons. The first-order chi connectivity index (χ1) is 5.79. The lowest BCUT2D eigenvalue weighted by Gasteiger charge is -2.43. The molecule has 0 spiro atoms. The Labute approximate surface area is 75.9 Å². The van der Waals surface area contributed by atoms with E-state index in [1.165, 1.54) is 32.2 Å². The summed E-state index contributed by atoms with van der Waals surface area (Å²) in [4.78, 5) is 0. The fourth-order valence-electron chi connectivity index (χ4n) is 3.08. The van der Waals surface area contributed by atoms with E-state index in [4.69, 9.17) is 0 Å². The van der Waals surface area contributed by atoms with E-state index in [1.807, 2.05) is 0 Å². The highest BCUT2D eigenvalue weighted by Crippen LogP contribution is 2.38. The van der Waals surface area contributed by atoms with Crippen molar-refractivity contribution < 1.29 is 0 Å². The minimum atomic E-state index is 0.754. The zero-order valence-electron chi connectivity index (χ0n) is 8.34. The first-order valence-electron chi connectivity index (χ1n) is 5.52. The molecule has 1 heteroatoms. The molecular weight excluding hydrogens is 146 g/mol. The summed E-state index contributed by atoms with van der Waals surface area (Å²) in [6.07, 6.45) is 5.94. The Morgan fingerprint density at radius 1 is 1.08 bits per heavy atom. The van der Waals surface area contributed by atoms with Crippen LogP contribution in [0.3, 0.4) is 0 Å². The van der Waals surface area contributed by atoms with Gasteiger partial charge in [-0.05, 0) is 44.1 Å². The van der Waals surface area contributed by atoms with Gasteiger partial charge in [-0.15, -0.1) is 0 Å². The number of piperidine rings is 1. The summed E-state index contributed by atoms with van der Waals surface area (Å²) in [5, 5.41) is 3.63. The molecule has 1 heterocycles. The summed E-state index contributed by atoms with van der Waals surface area (Å²) < 4.78 is 0. The van der Waals surface area contributed by atoms with E-state index in [2.05, 4.69) is 19.2 Å². The van der Waals surface area contributed by atoms with Crippen molar-refractivity contribution in [1.29, 1.82) is 0 Å². The normalized spacial score (nSPS) is 48.5. The fraction of sp³-hybridized carbons (Fsp3) is 1.00. The predicted molar refractivity (Wildman–Crippen MR) is 52.1 cm³/mol. The van der Waals surface area contributed by atoms with Crippen molar-refractivity contribution >= 4 is 0 Å². The molecule has 12 heavy (non-hydrogen) atoms. The van der Waals surface area contributed by atoms with Gasteiger partial charge >= 0.3 is 0 Å². The van der Waals surface area contributed by atoms with E-state index >= 15 is 0 Å². The van der Waals surface area contributed by atoms with E-state index in [0.29, 0.717) is 0 Å². The molecule has 0 bridgehead atoms. The van der Waals surface area contributed by atoms with Gasteiger partial charge in [-0.2, -0.15) is 0 Å². The van der Waals surface area contributed by atoms with E-state index in [-0.39, 0.29) is 0 Å². The van der Waals surface area contributed by atoms with E-state index in [0.717, 1.165) is 23.8 Å². The largest absolute Gasteiger partial charge is 0.314 e. The summed E-state index contributed by atoms with van der Waals surface area (Å²) in [7, 11) is 0. The first kappa shape index (κ1) is 8.55. The van der Waals surface area contributed by atoms with Crippen LogP contribution in [0.4, 0.5) is 0 Å². The van der Waals surface area contributed by atoms with Crippen LogP contribution in [0.25, 0.3) is 0 Å². The Balaban J connectivity index is 2.03. The molecule has 1 aliphatic heterocycles. The van der Waals surface area contributed by atoms with E-state index < -0.39 is 0 Å². The quantitative estimate of drug-likeness (QED) is 0.584. The van der Waals surface area contributed by atoms with Crippen molar-refractivity contribution in [3.8, 4) is 0 Å². The molecule has 0 aromatic heterocycles. The van der Waals surface area contributed by atoms with Crippen molar-refractivity contribution in [2.45, 2.75) is 45.6 Å². The average molecular weight is 167 g/mol. The van der Waals surface area contributed by atoms with Gasteiger partial charge in [-0.3, -0.25) is 0 Å². The second kappa shape index (κ2) is 3.37. The number of hydrogen-bond acceptors (Lipinski definition) is 1. The molecule has 1 aliphatic carbocycles. The van der Waals surface area contributed by atoms with Crippen LogP contribution in [0.15, 0.2) is 0 Å². The van der Waals surface area contributed by atoms with Crippen molar-refractivity contribution in [2.24, 2.45) is 17.8 Å². The fourth-order valence-corrected chi connectivity index (χ4v) is 3.08. The van der Waals surface area contributed by atoms with Gasteiger partial charge in [-0.25, -0.2) is 0 Å². The molecule has 1 saturated heterocycles. The lowest BCUT2D eigenvalue weighted by atomic mass is 9.68. The maximum atomic E-state index is 3.63. The molecule has 1 N–H and O–H groups in total. The molecule has 0 aromatic rings.